The van der Waals surface area contributed by atoms with E-state index < -0.39 is 0 Å². The molecule has 2 N–H and O–H groups in total. The van der Waals surface area contributed by atoms with Gasteiger partial charge in [0.25, 0.3) is 0 Å². The van der Waals surface area contributed by atoms with Gasteiger partial charge in [-0.05, 0) is 59.3 Å². The molecule has 1 heterocycles. The monoisotopic (exact) mass is 293 g/mol. The number of nitrogens with two attached hydrogens (primary N) is 1. The van der Waals surface area contributed by atoms with E-state index in [1.165, 1.54) is 50.8 Å². The second-order valence-electron chi connectivity index (χ2n) is 7.64. The van der Waals surface area contributed by atoms with Crippen molar-refractivity contribution in [2.45, 2.75) is 103 Å². The van der Waals surface area contributed by atoms with Gasteiger partial charge in [0.15, 0.2) is 0 Å². The van der Waals surface area contributed by atoms with Crippen molar-refractivity contribution in [1.29, 1.82) is 0 Å². The third kappa shape index (κ3) is 4.45. The van der Waals surface area contributed by atoms with Crippen molar-refractivity contribution in [2.75, 3.05) is 0 Å². The van der Waals surface area contributed by atoms with Gasteiger partial charge in [-0.2, -0.15) is 0 Å². The summed E-state index contributed by atoms with van der Waals surface area (Å²) in [6.45, 7) is 9.03. The number of rotatable bonds is 2. The predicted octanol–water partition coefficient (Wildman–Crippen LogP) is 3.96. The summed E-state index contributed by atoms with van der Waals surface area (Å²) < 4.78 is 0. The molecule has 0 aromatic rings. The fourth-order valence-electron chi connectivity index (χ4n) is 4.26. The molecule has 1 aliphatic carbocycles. The van der Waals surface area contributed by atoms with E-state index >= 15 is 0 Å². The Labute approximate surface area is 131 Å². The van der Waals surface area contributed by atoms with Crippen LogP contribution in [0.2, 0.25) is 0 Å². The van der Waals surface area contributed by atoms with Gasteiger partial charge in [0.05, 0.1) is 5.84 Å². The Morgan fingerprint density at radius 1 is 1.05 bits per heavy atom. The Morgan fingerprint density at radius 2 is 1.76 bits per heavy atom. The predicted molar refractivity (Wildman–Crippen MR) is 91.7 cm³/mol. The van der Waals surface area contributed by atoms with Gasteiger partial charge in [-0.3, -0.25) is 4.99 Å². The van der Waals surface area contributed by atoms with Crippen molar-refractivity contribution in [2.24, 2.45) is 16.6 Å². The summed E-state index contributed by atoms with van der Waals surface area (Å²) in [5.41, 5.74) is 6.37. The molecule has 3 unspecified atom stereocenters. The summed E-state index contributed by atoms with van der Waals surface area (Å²) in [5.74, 6) is 2.13. The maximum Gasteiger partial charge on any atom is 0.0997 e. The first kappa shape index (κ1) is 16.8. The van der Waals surface area contributed by atoms with E-state index in [-0.39, 0.29) is 0 Å². The molecule has 3 atom stereocenters. The summed E-state index contributed by atoms with van der Waals surface area (Å²) in [6, 6.07) is 2.03. The number of nitrogens with zero attached hydrogens (tertiary/aromatic N) is 2. The van der Waals surface area contributed by atoms with Crippen LogP contribution in [0.15, 0.2) is 4.99 Å². The molecular weight excluding hydrogens is 258 g/mol. The minimum atomic E-state index is 0.399. The second kappa shape index (κ2) is 7.62. The van der Waals surface area contributed by atoms with Crippen LogP contribution >= 0.6 is 0 Å². The highest BCUT2D eigenvalue weighted by Crippen LogP contribution is 2.35. The van der Waals surface area contributed by atoms with Gasteiger partial charge in [0.1, 0.15) is 0 Å². The largest absolute Gasteiger partial charge is 0.355 e. The third-order valence-corrected chi connectivity index (χ3v) is 5.08. The summed E-state index contributed by atoms with van der Waals surface area (Å²) in [4.78, 5) is 7.58. The third-order valence-electron chi connectivity index (χ3n) is 5.08. The molecule has 1 saturated heterocycles. The zero-order valence-corrected chi connectivity index (χ0v) is 14.5. The van der Waals surface area contributed by atoms with Crippen LogP contribution in [0.5, 0.6) is 0 Å². The van der Waals surface area contributed by atoms with E-state index in [1.807, 2.05) is 0 Å². The Hall–Kier alpha value is -0.570. The normalized spacial score (nSPS) is 33.8. The SMILES string of the molecule is CC(C)/N=C1/CCC2CC(N)CCCCCC2N1C(C)C. The molecule has 3 nitrogen and oxygen atoms in total. The molecule has 21 heavy (non-hydrogen) atoms. The first-order chi connectivity index (χ1) is 9.99. The molecule has 3 heteroatoms. The van der Waals surface area contributed by atoms with E-state index in [9.17, 15) is 0 Å². The molecule has 1 saturated carbocycles. The van der Waals surface area contributed by atoms with Crippen LogP contribution in [0, 0.1) is 5.92 Å². The number of hydrogen-bond donors (Lipinski definition) is 1. The van der Waals surface area contributed by atoms with Crippen LogP contribution in [-0.2, 0) is 0 Å². The summed E-state index contributed by atoms with van der Waals surface area (Å²) >= 11 is 0. The number of likely N-dealkylation sites (tertiary alicyclic amines) is 1. The highest BCUT2D eigenvalue weighted by molar-refractivity contribution is 5.84. The number of hydrogen-bond acceptors (Lipinski definition) is 2. The Bertz CT molecular complexity index is 348. The van der Waals surface area contributed by atoms with Crippen molar-refractivity contribution >= 4 is 5.84 Å². The number of piperidine rings is 1. The number of aliphatic imine (C=N–C) groups is 1. The average Bonchev–Trinajstić information content (AvgIpc) is 2.47. The fraction of sp³-hybridized carbons (Fsp3) is 0.944. The molecular formula is C18H35N3. The smallest absolute Gasteiger partial charge is 0.0997 e. The lowest BCUT2D eigenvalue weighted by molar-refractivity contribution is 0.136. The molecule has 0 amide bonds. The van der Waals surface area contributed by atoms with Gasteiger partial charge < -0.3 is 10.6 Å². The average molecular weight is 293 g/mol. The lowest BCUT2D eigenvalue weighted by Crippen LogP contribution is -2.53. The van der Waals surface area contributed by atoms with Crippen LogP contribution < -0.4 is 5.73 Å². The van der Waals surface area contributed by atoms with Gasteiger partial charge in [-0.15, -0.1) is 0 Å². The van der Waals surface area contributed by atoms with Crippen molar-refractivity contribution in [1.82, 2.24) is 4.90 Å². The van der Waals surface area contributed by atoms with Crippen LogP contribution in [0.1, 0.15) is 79.1 Å². The van der Waals surface area contributed by atoms with Crippen molar-refractivity contribution < 1.29 is 0 Å². The van der Waals surface area contributed by atoms with Crippen LogP contribution in [0.3, 0.4) is 0 Å². The van der Waals surface area contributed by atoms with E-state index in [1.54, 1.807) is 0 Å². The second-order valence-corrected chi connectivity index (χ2v) is 7.64. The van der Waals surface area contributed by atoms with Gasteiger partial charge >= 0.3 is 0 Å². The molecule has 0 aromatic heterocycles. The molecule has 2 aliphatic rings. The first-order valence-electron chi connectivity index (χ1n) is 9.09. The lowest BCUT2D eigenvalue weighted by atomic mass is 9.81. The van der Waals surface area contributed by atoms with Crippen molar-refractivity contribution in [3.05, 3.63) is 0 Å². The molecule has 0 radical (unpaired) electrons. The zero-order chi connectivity index (χ0) is 15.4. The number of fused-ring (bicyclic) bond motifs is 1. The van der Waals surface area contributed by atoms with E-state index in [4.69, 9.17) is 10.7 Å². The fourth-order valence-corrected chi connectivity index (χ4v) is 4.26. The maximum atomic E-state index is 6.37. The Kier molecular flexibility index (Phi) is 6.09. The van der Waals surface area contributed by atoms with Gasteiger partial charge in [0.2, 0.25) is 0 Å². The highest BCUT2D eigenvalue weighted by atomic mass is 15.2. The van der Waals surface area contributed by atoms with Crippen LogP contribution in [0.4, 0.5) is 0 Å². The number of amidine groups is 1. The quantitative estimate of drug-likeness (QED) is 0.837. The summed E-state index contributed by atoms with van der Waals surface area (Å²) in [6.07, 6.45) is 10.2. The standard InChI is InChI=1S/C18H35N3/c1-13(2)20-18-11-10-15-12-16(19)8-6-5-7-9-17(15)21(18)14(3)4/h13-17H,5-12,19H2,1-4H3/b20-18-. The Balaban J connectivity index is 2.22. The van der Waals surface area contributed by atoms with Gasteiger partial charge in [-0.25, -0.2) is 0 Å². The molecule has 0 bridgehead atoms. The zero-order valence-electron chi connectivity index (χ0n) is 14.5. The Morgan fingerprint density at radius 3 is 2.43 bits per heavy atom. The molecule has 2 fully saturated rings. The summed E-state index contributed by atoms with van der Waals surface area (Å²) in [7, 11) is 0. The summed E-state index contributed by atoms with van der Waals surface area (Å²) in [5, 5.41) is 0. The van der Waals surface area contributed by atoms with Gasteiger partial charge in [-0.1, -0.05) is 19.3 Å². The lowest BCUT2D eigenvalue weighted by Gasteiger charge is -2.46. The topological polar surface area (TPSA) is 41.6 Å². The van der Waals surface area contributed by atoms with Crippen molar-refractivity contribution in [3.8, 4) is 0 Å². The van der Waals surface area contributed by atoms with Crippen LogP contribution in [-0.4, -0.2) is 34.9 Å². The minimum absolute atomic E-state index is 0.399. The molecule has 122 valence electrons. The maximum absolute atomic E-state index is 6.37. The highest BCUT2D eigenvalue weighted by Gasteiger charge is 2.36. The molecule has 0 aromatic carbocycles. The van der Waals surface area contributed by atoms with E-state index in [2.05, 4.69) is 32.6 Å². The van der Waals surface area contributed by atoms with Crippen molar-refractivity contribution in [3.63, 3.8) is 0 Å². The van der Waals surface area contributed by atoms with Crippen LogP contribution in [0.25, 0.3) is 0 Å². The molecule has 2 rings (SSSR count). The first-order valence-corrected chi connectivity index (χ1v) is 9.09. The molecule has 1 aliphatic heterocycles. The molecule has 0 spiro atoms. The van der Waals surface area contributed by atoms with E-state index in [0.717, 1.165) is 12.3 Å². The van der Waals surface area contributed by atoms with E-state index in [0.29, 0.717) is 24.2 Å². The van der Waals surface area contributed by atoms with Gasteiger partial charge in [0, 0.05) is 30.6 Å². The minimum Gasteiger partial charge on any atom is -0.355 e.